The molecule has 0 aromatic heterocycles. The van der Waals surface area contributed by atoms with Crippen LogP contribution >= 0.6 is 22.6 Å². The van der Waals surface area contributed by atoms with E-state index in [1.807, 2.05) is 40.8 Å². The van der Waals surface area contributed by atoms with Gasteiger partial charge in [-0.25, -0.2) is 18.0 Å². The summed E-state index contributed by atoms with van der Waals surface area (Å²) in [5.41, 5.74) is 0.797. The van der Waals surface area contributed by atoms with E-state index >= 15 is 0 Å². The largest absolute Gasteiger partial charge is 0.453 e. The minimum Gasteiger partial charge on any atom is -0.453 e. The number of hydrogen-bond acceptors (Lipinski definition) is 7. The van der Waals surface area contributed by atoms with Crippen molar-refractivity contribution in [3.8, 4) is 0 Å². The number of alkyl halides is 1. The molecule has 9 nitrogen and oxygen atoms in total. The number of hydrogen-bond donors (Lipinski definition) is 1. The van der Waals surface area contributed by atoms with Crippen LogP contribution in [0.3, 0.4) is 0 Å². The zero-order valence-corrected chi connectivity index (χ0v) is 18.8. The van der Waals surface area contributed by atoms with E-state index < -0.39 is 49.9 Å². The SMILES string of the molecule is CC1(C)[C@H](C(=O)OCI)N2C(=O)[C@H](CNC(=O)OCc3ccccc3)[C@H]2S1(=O)=O. The number of carbonyl (C=O) groups is 3. The van der Waals surface area contributed by atoms with E-state index in [0.29, 0.717) is 0 Å². The number of nitrogens with zero attached hydrogens (tertiary/aromatic N) is 1. The van der Waals surface area contributed by atoms with Crippen LogP contribution in [0.2, 0.25) is 0 Å². The Balaban J connectivity index is 1.65. The van der Waals surface area contributed by atoms with Gasteiger partial charge in [-0.2, -0.15) is 0 Å². The lowest BCUT2D eigenvalue weighted by atomic mass is 9.91. The average molecular weight is 536 g/mol. The molecule has 3 rings (SSSR count). The second kappa shape index (κ2) is 8.09. The lowest BCUT2D eigenvalue weighted by Crippen LogP contribution is -2.66. The maximum atomic E-state index is 13.0. The van der Waals surface area contributed by atoms with E-state index in [1.165, 1.54) is 13.8 Å². The first-order chi connectivity index (χ1) is 13.6. The molecule has 2 fully saturated rings. The molecule has 2 aliphatic heterocycles. The van der Waals surface area contributed by atoms with Crippen molar-refractivity contribution in [1.29, 1.82) is 0 Å². The summed E-state index contributed by atoms with van der Waals surface area (Å²) in [5.74, 6) is -2.23. The molecule has 1 aromatic rings. The number of β-lactam (4-membered cyclic amide) rings is 1. The zero-order chi connectivity index (χ0) is 21.4. The number of fused-ring (bicyclic) bond motifs is 1. The molecule has 2 saturated heterocycles. The van der Waals surface area contributed by atoms with Crippen molar-refractivity contribution in [1.82, 2.24) is 10.2 Å². The van der Waals surface area contributed by atoms with Crippen molar-refractivity contribution >= 4 is 50.4 Å². The summed E-state index contributed by atoms with van der Waals surface area (Å²) in [5, 5.41) is 1.27. The molecule has 158 valence electrons. The highest BCUT2D eigenvalue weighted by Gasteiger charge is 2.72. The predicted octanol–water partition coefficient (Wildman–Crippen LogP) is 1.21. The van der Waals surface area contributed by atoms with Crippen LogP contribution < -0.4 is 5.32 Å². The molecule has 0 radical (unpaired) electrons. The van der Waals surface area contributed by atoms with Gasteiger partial charge in [0.15, 0.2) is 9.84 Å². The number of rotatable bonds is 6. The Morgan fingerprint density at radius 1 is 1.21 bits per heavy atom. The van der Waals surface area contributed by atoms with Crippen LogP contribution in [0.1, 0.15) is 19.4 Å². The molecule has 0 aliphatic carbocycles. The fourth-order valence-electron chi connectivity index (χ4n) is 3.68. The van der Waals surface area contributed by atoms with Crippen LogP contribution in [0.4, 0.5) is 4.79 Å². The van der Waals surface area contributed by atoms with Crippen molar-refractivity contribution in [3.63, 3.8) is 0 Å². The van der Waals surface area contributed by atoms with E-state index in [2.05, 4.69) is 5.32 Å². The van der Waals surface area contributed by atoms with Crippen LogP contribution in [-0.4, -0.2) is 58.6 Å². The van der Waals surface area contributed by atoms with Crippen LogP contribution in [0.15, 0.2) is 30.3 Å². The quantitative estimate of drug-likeness (QED) is 0.251. The average Bonchev–Trinajstić information content (AvgIpc) is 2.82. The Labute approximate surface area is 182 Å². The monoisotopic (exact) mass is 536 g/mol. The summed E-state index contributed by atoms with van der Waals surface area (Å²) < 4.78 is 34.5. The number of benzene rings is 1. The van der Waals surface area contributed by atoms with Crippen molar-refractivity contribution in [2.24, 2.45) is 5.92 Å². The fraction of sp³-hybridized carbons (Fsp3) is 0.500. The van der Waals surface area contributed by atoms with Gasteiger partial charge in [-0.15, -0.1) is 0 Å². The third-order valence-corrected chi connectivity index (χ3v) is 8.47. The molecule has 1 aromatic carbocycles. The van der Waals surface area contributed by atoms with Gasteiger partial charge in [0.05, 0.1) is 10.7 Å². The number of ether oxygens (including phenoxy) is 2. The highest BCUT2D eigenvalue weighted by atomic mass is 127. The molecule has 0 unspecified atom stereocenters. The molecule has 29 heavy (non-hydrogen) atoms. The number of sulfone groups is 1. The summed E-state index contributed by atoms with van der Waals surface area (Å²) in [6, 6.07) is 7.84. The number of esters is 1. The van der Waals surface area contributed by atoms with Gasteiger partial charge in [0, 0.05) is 6.54 Å². The van der Waals surface area contributed by atoms with Gasteiger partial charge in [0.1, 0.15) is 22.6 Å². The molecule has 0 spiro atoms. The third-order valence-electron chi connectivity index (χ3n) is 5.28. The van der Waals surface area contributed by atoms with Crippen LogP contribution in [0, 0.1) is 5.92 Å². The highest BCUT2D eigenvalue weighted by molar-refractivity contribution is 14.1. The van der Waals surface area contributed by atoms with Gasteiger partial charge in [-0.05, 0) is 42.0 Å². The minimum absolute atomic E-state index is 0.0498. The van der Waals surface area contributed by atoms with Gasteiger partial charge in [-0.1, -0.05) is 30.3 Å². The molecule has 11 heteroatoms. The normalized spacial score (nSPS) is 26.2. The van der Waals surface area contributed by atoms with Gasteiger partial charge in [0.2, 0.25) is 5.91 Å². The predicted molar refractivity (Wildman–Crippen MR) is 111 cm³/mol. The number of nitrogens with one attached hydrogen (secondary N) is 1. The van der Waals surface area contributed by atoms with Gasteiger partial charge >= 0.3 is 12.1 Å². The van der Waals surface area contributed by atoms with Crippen molar-refractivity contribution in [3.05, 3.63) is 35.9 Å². The molecule has 1 N–H and O–H groups in total. The van der Waals surface area contributed by atoms with Gasteiger partial charge < -0.3 is 19.7 Å². The Bertz CT molecular complexity index is 919. The zero-order valence-electron chi connectivity index (χ0n) is 15.8. The molecular weight excluding hydrogens is 515 g/mol. The number of amides is 2. The topological polar surface area (TPSA) is 119 Å². The Hall–Kier alpha value is -1.89. The summed E-state index contributed by atoms with van der Waals surface area (Å²) >= 11 is 1.82. The smallest absolute Gasteiger partial charge is 0.407 e. The van der Waals surface area contributed by atoms with Crippen LogP contribution in [-0.2, 0) is 35.5 Å². The van der Waals surface area contributed by atoms with Crippen molar-refractivity contribution in [2.75, 3.05) is 11.2 Å². The summed E-state index contributed by atoms with van der Waals surface area (Å²) in [6.07, 6.45) is -0.754. The molecule has 2 aliphatic rings. The van der Waals surface area contributed by atoms with Crippen molar-refractivity contribution in [2.45, 2.75) is 36.6 Å². The van der Waals surface area contributed by atoms with E-state index in [0.717, 1.165) is 10.5 Å². The lowest BCUT2D eigenvalue weighted by molar-refractivity contribution is -0.165. The maximum Gasteiger partial charge on any atom is 0.407 e. The van der Waals surface area contributed by atoms with E-state index in [-0.39, 0.29) is 17.8 Å². The Morgan fingerprint density at radius 3 is 2.48 bits per heavy atom. The van der Waals surface area contributed by atoms with E-state index in [1.54, 1.807) is 12.1 Å². The molecule has 2 heterocycles. The maximum absolute atomic E-state index is 13.0. The highest BCUT2D eigenvalue weighted by Crippen LogP contribution is 2.48. The van der Waals surface area contributed by atoms with Crippen LogP contribution in [0.25, 0.3) is 0 Å². The molecule has 0 bridgehead atoms. The number of carbonyl (C=O) groups excluding carboxylic acids is 3. The molecule has 2 amide bonds. The van der Waals surface area contributed by atoms with Crippen molar-refractivity contribution < 1.29 is 32.3 Å². The van der Waals surface area contributed by atoms with E-state index in [9.17, 15) is 22.8 Å². The fourth-order valence-corrected chi connectivity index (χ4v) is 6.30. The first-order valence-electron chi connectivity index (χ1n) is 8.85. The van der Waals surface area contributed by atoms with Crippen LogP contribution in [0.5, 0.6) is 0 Å². The minimum atomic E-state index is -3.85. The Kier molecular flexibility index (Phi) is 6.08. The lowest BCUT2D eigenvalue weighted by Gasteiger charge is -2.42. The third kappa shape index (κ3) is 3.69. The standard InChI is InChI=1S/C18H21IN2O7S/c1-18(2)13(16(23)28-10-19)21-14(22)12(15(21)29(18,25)26)8-20-17(24)27-9-11-6-4-3-5-7-11/h3-7,12-13,15H,8-10H2,1-2H3,(H,20,24)/t12-,13-,15+/m0/s1. The number of alkyl carbamates (subject to hydrolysis) is 1. The van der Waals surface area contributed by atoms with Gasteiger partial charge in [0.25, 0.3) is 0 Å². The van der Waals surface area contributed by atoms with Gasteiger partial charge in [-0.3, -0.25) is 4.79 Å². The Morgan fingerprint density at radius 2 is 1.86 bits per heavy atom. The first kappa shape index (κ1) is 21.8. The molecular formula is C18H21IN2O7S. The summed E-state index contributed by atoms with van der Waals surface area (Å²) in [4.78, 5) is 37.9. The second-order valence-corrected chi connectivity index (χ2v) is 10.6. The number of halogens is 1. The second-order valence-electron chi connectivity index (χ2n) is 7.31. The summed E-state index contributed by atoms with van der Waals surface area (Å²) in [7, 11) is -3.85. The van der Waals surface area contributed by atoms with E-state index in [4.69, 9.17) is 9.47 Å². The first-order valence-corrected chi connectivity index (χ1v) is 11.9. The summed E-state index contributed by atoms with van der Waals surface area (Å²) in [6.45, 7) is 2.67. The molecule has 3 atom stereocenters. The molecule has 0 saturated carbocycles.